The number of sulfonamides is 1. The number of aromatic nitrogens is 1. The van der Waals surface area contributed by atoms with E-state index in [4.69, 9.17) is 4.74 Å². The van der Waals surface area contributed by atoms with Gasteiger partial charge in [-0.15, -0.1) is 0 Å². The minimum absolute atomic E-state index is 0.255. The summed E-state index contributed by atoms with van der Waals surface area (Å²) in [5.74, 6) is 0.857. The Morgan fingerprint density at radius 2 is 1.75 bits per heavy atom. The molecule has 0 amide bonds. The summed E-state index contributed by atoms with van der Waals surface area (Å²) in [4.78, 5) is 6.37. The summed E-state index contributed by atoms with van der Waals surface area (Å²) < 4.78 is 32.3. The quantitative estimate of drug-likeness (QED) is 0.792. The van der Waals surface area contributed by atoms with Gasteiger partial charge < -0.3 is 4.74 Å². The van der Waals surface area contributed by atoms with Gasteiger partial charge in [-0.1, -0.05) is 18.2 Å². The van der Waals surface area contributed by atoms with Crippen molar-refractivity contribution in [3.8, 4) is 5.75 Å². The fraction of sp³-hybridized carbons (Fsp3) is 0.353. The number of ether oxygens (including phenoxy) is 1. The fourth-order valence-corrected chi connectivity index (χ4v) is 4.04. The van der Waals surface area contributed by atoms with Crippen molar-refractivity contribution in [2.75, 3.05) is 39.3 Å². The van der Waals surface area contributed by atoms with Gasteiger partial charge in [0, 0.05) is 45.1 Å². The van der Waals surface area contributed by atoms with Gasteiger partial charge in [0.25, 0.3) is 0 Å². The molecule has 0 N–H and O–H groups in total. The Kier molecular flexibility index (Phi) is 5.44. The lowest BCUT2D eigenvalue weighted by Crippen LogP contribution is -2.49. The number of para-hydroxylation sites is 1. The van der Waals surface area contributed by atoms with Crippen LogP contribution in [-0.2, 0) is 10.0 Å². The van der Waals surface area contributed by atoms with Crippen LogP contribution in [0.25, 0.3) is 0 Å². The third-order valence-corrected chi connectivity index (χ3v) is 5.91. The predicted molar refractivity (Wildman–Crippen MR) is 91.4 cm³/mol. The Hall–Kier alpha value is -1.96. The van der Waals surface area contributed by atoms with E-state index in [9.17, 15) is 8.42 Å². The summed E-state index contributed by atoms with van der Waals surface area (Å²) in [5.41, 5.74) is 0. The van der Waals surface area contributed by atoms with Gasteiger partial charge in [-0.2, -0.15) is 4.31 Å². The van der Waals surface area contributed by atoms with Crippen LogP contribution in [0.4, 0.5) is 0 Å². The van der Waals surface area contributed by atoms with Crippen LogP contribution in [-0.4, -0.2) is 61.9 Å². The third-order valence-electron chi connectivity index (χ3n) is 4.02. The molecule has 2 aromatic rings. The molecule has 0 bridgehead atoms. The first-order valence-corrected chi connectivity index (χ1v) is 9.41. The topological polar surface area (TPSA) is 62.7 Å². The largest absolute Gasteiger partial charge is 0.492 e. The molecule has 24 heavy (non-hydrogen) atoms. The van der Waals surface area contributed by atoms with E-state index < -0.39 is 10.0 Å². The Morgan fingerprint density at radius 3 is 2.42 bits per heavy atom. The summed E-state index contributed by atoms with van der Waals surface area (Å²) in [5, 5.41) is 0. The minimum atomic E-state index is -3.44. The van der Waals surface area contributed by atoms with Crippen molar-refractivity contribution in [3.05, 3.63) is 54.9 Å². The highest BCUT2D eigenvalue weighted by Crippen LogP contribution is 2.16. The van der Waals surface area contributed by atoms with E-state index in [2.05, 4.69) is 9.88 Å². The first-order valence-electron chi connectivity index (χ1n) is 7.97. The monoisotopic (exact) mass is 347 g/mol. The second-order valence-electron chi connectivity index (χ2n) is 5.60. The van der Waals surface area contributed by atoms with Crippen molar-refractivity contribution in [2.24, 2.45) is 0 Å². The van der Waals surface area contributed by atoms with Crippen LogP contribution < -0.4 is 4.74 Å². The molecule has 2 heterocycles. The number of piperazine rings is 1. The summed E-state index contributed by atoms with van der Waals surface area (Å²) in [6.45, 7) is 3.77. The van der Waals surface area contributed by atoms with Crippen molar-refractivity contribution >= 4 is 10.0 Å². The number of nitrogens with zero attached hydrogens (tertiary/aromatic N) is 3. The standard InChI is InChI=1S/C17H21N3O3S/c21-24(22,17-7-4-8-18-15-17)20-11-9-19(10-12-20)13-14-23-16-5-2-1-3-6-16/h1-8,15H,9-14H2. The predicted octanol–water partition coefficient (Wildman–Crippen LogP) is 1.47. The molecule has 0 saturated carbocycles. The molecule has 1 saturated heterocycles. The molecule has 1 aliphatic rings. The van der Waals surface area contributed by atoms with Gasteiger partial charge in [0.2, 0.25) is 10.0 Å². The highest BCUT2D eigenvalue weighted by atomic mass is 32.2. The maximum atomic E-state index is 12.5. The van der Waals surface area contributed by atoms with Crippen LogP contribution in [0, 0.1) is 0 Å². The van der Waals surface area contributed by atoms with Gasteiger partial charge in [0.1, 0.15) is 17.3 Å². The van der Waals surface area contributed by atoms with E-state index >= 15 is 0 Å². The molecule has 1 aromatic carbocycles. The van der Waals surface area contributed by atoms with Crippen LogP contribution in [0.5, 0.6) is 5.75 Å². The van der Waals surface area contributed by atoms with Gasteiger partial charge >= 0.3 is 0 Å². The Bertz CT molecular complexity index is 730. The Balaban J connectivity index is 1.47. The molecule has 1 aromatic heterocycles. The number of hydrogen-bond donors (Lipinski definition) is 0. The third kappa shape index (κ3) is 4.11. The van der Waals surface area contributed by atoms with E-state index in [1.807, 2.05) is 30.3 Å². The first kappa shape index (κ1) is 16.9. The normalized spacial score (nSPS) is 16.8. The van der Waals surface area contributed by atoms with E-state index in [0.717, 1.165) is 12.3 Å². The summed E-state index contributed by atoms with van der Waals surface area (Å²) in [6, 6.07) is 12.9. The van der Waals surface area contributed by atoms with Crippen LogP contribution in [0.1, 0.15) is 0 Å². The molecule has 6 nitrogen and oxygen atoms in total. The average Bonchev–Trinajstić information content (AvgIpc) is 2.64. The maximum Gasteiger partial charge on any atom is 0.244 e. The highest BCUT2D eigenvalue weighted by Gasteiger charge is 2.28. The maximum absolute atomic E-state index is 12.5. The van der Waals surface area contributed by atoms with E-state index in [1.54, 1.807) is 18.3 Å². The van der Waals surface area contributed by atoms with Crippen LogP contribution >= 0.6 is 0 Å². The molecule has 0 unspecified atom stereocenters. The zero-order valence-corrected chi connectivity index (χ0v) is 14.2. The van der Waals surface area contributed by atoms with Crippen LogP contribution in [0.2, 0.25) is 0 Å². The van der Waals surface area contributed by atoms with Crippen molar-refractivity contribution in [1.82, 2.24) is 14.2 Å². The fourth-order valence-electron chi connectivity index (χ4n) is 2.65. The summed E-state index contributed by atoms with van der Waals surface area (Å²) in [6.07, 6.45) is 2.97. The Labute approximate surface area is 142 Å². The number of benzene rings is 1. The lowest BCUT2D eigenvalue weighted by atomic mass is 10.3. The van der Waals surface area contributed by atoms with Crippen molar-refractivity contribution < 1.29 is 13.2 Å². The van der Waals surface area contributed by atoms with Crippen LogP contribution in [0.15, 0.2) is 59.8 Å². The second kappa shape index (κ2) is 7.74. The van der Waals surface area contributed by atoms with Gasteiger partial charge in [0.15, 0.2) is 0 Å². The van der Waals surface area contributed by atoms with Crippen LogP contribution in [0.3, 0.4) is 0 Å². The molecule has 1 aliphatic heterocycles. The van der Waals surface area contributed by atoms with Crippen molar-refractivity contribution in [3.63, 3.8) is 0 Å². The lowest BCUT2D eigenvalue weighted by Gasteiger charge is -2.33. The molecule has 0 atom stereocenters. The van der Waals surface area contributed by atoms with E-state index in [-0.39, 0.29) is 4.90 Å². The van der Waals surface area contributed by atoms with Gasteiger partial charge in [-0.05, 0) is 24.3 Å². The first-order chi connectivity index (χ1) is 11.7. The number of hydrogen-bond acceptors (Lipinski definition) is 5. The number of pyridine rings is 1. The molecule has 7 heteroatoms. The van der Waals surface area contributed by atoms with Gasteiger partial charge in [0.05, 0.1) is 0 Å². The lowest BCUT2D eigenvalue weighted by molar-refractivity contribution is 0.159. The zero-order valence-electron chi connectivity index (χ0n) is 13.4. The molecular formula is C17H21N3O3S. The molecular weight excluding hydrogens is 326 g/mol. The van der Waals surface area contributed by atoms with E-state index in [1.165, 1.54) is 10.5 Å². The van der Waals surface area contributed by atoms with E-state index in [0.29, 0.717) is 32.8 Å². The molecule has 0 aliphatic carbocycles. The average molecular weight is 347 g/mol. The summed E-state index contributed by atoms with van der Waals surface area (Å²) in [7, 11) is -3.44. The van der Waals surface area contributed by atoms with Gasteiger partial charge in [-0.25, -0.2) is 8.42 Å². The molecule has 0 spiro atoms. The van der Waals surface area contributed by atoms with Crippen molar-refractivity contribution in [1.29, 1.82) is 0 Å². The molecule has 1 fully saturated rings. The summed E-state index contributed by atoms with van der Waals surface area (Å²) >= 11 is 0. The molecule has 128 valence electrons. The zero-order chi connectivity index (χ0) is 16.8. The molecule has 3 rings (SSSR count). The van der Waals surface area contributed by atoms with Crippen molar-refractivity contribution in [2.45, 2.75) is 4.90 Å². The van der Waals surface area contributed by atoms with Gasteiger partial charge in [-0.3, -0.25) is 9.88 Å². The smallest absolute Gasteiger partial charge is 0.244 e. The minimum Gasteiger partial charge on any atom is -0.492 e. The SMILES string of the molecule is O=S(=O)(c1cccnc1)N1CCN(CCOc2ccccc2)CC1. The second-order valence-corrected chi connectivity index (χ2v) is 7.53. The highest BCUT2D eigenvalue weighted by molar-refractivity contribution is 7.89. The molecule has 0 radical (unpaired) electrons. The number of rotatable bonds is 6. The Morgan fingerprint density at radius 1 is 1.00 bits per heavy atom.